The van der Waals surface area contributed by atoms with Crippen LogP contribution in [0.3, 0.4) is 0 Å². The number of thioether (sulfide) groups is 1. The third-order valence-corrected chi connectivity index (χ3v) is 9.25. The van der Waals surface area contributed by atoms with Gasteiger partial charge in [0.25, 0.3) is 0 Å². The number of rotatable bonds is 8. The lowest BCUT2D eigenvalue weighted by atomic mass is 9.79. The number of ether oxygens (including phenoxy) is 1. The minimum absolute atomic E-state index is 0.0190. The Balaban J connectivity index is 1.27. The van der Waals surface area contributed by atoms with Gasteiger partial charge in [0, 0.05) is 16.9 Å². The van der Waals surface area contributed by atoms with E-state index in [1.807, 2.05) is 65.3 Å². The van der Waals surface area contributed by atoms with E-state index in [1.54, 1.807) is 18.0 Å². The van der Waals surface area contributed by atoms with E-state index in [2.05, 4.69) is 15.6 Å². The molecule has 1 aromatic heterocycles. The van der Waals surface area contributed by atoms with Gasteiger partial charge in [-0.25, -0.2) is 4.68 Å². The molecule has 4 aromatic rings. The Hall–Kier alpha value is -3.35. The number of hydrogen-bond acceptors (Lipinski definition) is 5. The minimum atomic E-state index is -4.92. The summed E-state index contributed by atoms with van der Waals surface area (Å²) in [6.45, 7) is -0.392. The van der Waals surface area contributed by atoms with E-state index >= 15 is 0 Å². The first kappa shape index (κ1) is 29.7. The van der Waals surface area contributed by atoms with Crippen LogP contribution in [0.4, 0.5) is 26.3 Å². The molecule has 0 amide bonds. The molecule has 5 nitrogen and oxygen atoms in total. The monoisotopic (exact) mass is 618 g/mol. The molecule has 2 saturated heterocycles. The fourth-order valence-corrected chi connectivity index (χ4v) is 7.14. The van der Waals surface area contributed by atoms with Crippen LogP contribution in [0.1, 0.15) is 53.1 Å². The Morgan fingerprint density at radius 3 is 2.19 bits per heavy atom. The number of hydrogen-bond donors (Lipinski definition) is 1. The maximum atomic E-state index is 13.5. The molecule has 3 heterocycles. The fourth-order valence-electron chi connectivity index (χ4n) is 6.32. The van der Waals surface area contributed by atoms with E-state index in [9.17, 15) is 26.3 Å². The predicted molar refractivity (Wildman–Crippen MR) is 149 cm³/mol. The highest BCUT2D eigenvalue weighted by atomic mass is 32.2. The maximum absolute atomic E-state index is 13.5. The number of nitrogens with zero attached hydrogens (tertiary/aromatic N) is 3. The zero-order valence-corrected chi connectivity index (χ0v) is 23.6. The number of alkyl halides is 6. The molecule has 2 aliphatic heterocycles. The third-order valence-electron chi connectivity index (χ3n) is 8.27. The van der Waals surface area contributed by atoms with Crippen molar-refractivity contribution in [3.05, 3.63) is 113 Å². The second-order valence-electron chi connectivity index (χ2n) is 10.9. The normalized spacial score (nSPS) is 23.9. The number of fused-ring (bicyclic) bond motifs is 2. The highest BCUT2D eigenvalue weighted by molar-refractivity contribution is 7.98. The van der Waals surface area contributed by atoms with Crippen molar-refractivity contribution in [3.8, 4) is 0 Å². The van der Waals surface area contributed by atoms with Crippen molar-refractivity contribution in [2.45, 2.75) is 72.6 Å². The molecule has 2 fully saturated rings. The van der Waals surface area contributed by atoms with Gasteiger partial charge in [-0.1, -0.05) is 53.7 Å². The molecule has 226 valence electrons. The summed E-state index contributed by atoms with van der Waals surface area (Å²) >= 11 is 1.64. The molecule has 3 aromatic carbocycles. The van der Waals surface area contributed by atoms with Gasteiger partial charge in [-0.3, -0.25) is 0 Å². The topological polar surface area (TPSA) is 52.0 Å². The predicted octanol–water partition coefficient (Wildman–Crippen LogP) is 7.79. The molecule has 0 radical (unpaired) electrons. The number of nitrogens with one attached hydrogen (secondary N) is 1. The molecule has 0 spiro atoms. The summed E-state index contributed by atoms with van der Waals surface area (Å²) in [6.07, 6.45) is -6.68. The first-order valence-corrected chi connectivity index (χ1v) is 14.8. The zero-order valence-electron chi connectivity index (χ0n) is 22.8. The molecule has 0 unspecified atom stereocenters. The summed E-state index contributed by atoms with van der Waals surface area (Å²) in [7, 11) is 0. The lowest BCUT2D eigenvalue weighted by Crippen LogP contribution is -2.54. The average Bonchev–Trinajstić information content (AvgIpc) is 3.58. The summed E-state index contributed by atoms with van der Waals surface area (Å²) in [5, 5.41) is 12.3. The van der Waals surface area contributed by atoms with Crippen LogP contribution in [-0.2, 0) is 35.1 Å². The van der Waals surface area contributed by atoms with E-state index < -0.39 is 41.7 Å². The van der Waals surface area contributed by atoms with Crippen molar-refractivity contribution >= 4 is 11.8 Å². The molecule has 1 N–H and O–H groups in total. The molecule has 0 aliphatic carbocycles. The maximum Gasteiger partial charge on any atom is 0.416 e. The average molecular weight is 619 g/mol. The van der Waals surface area contributed by atoms with Crippen molar-refractivity contribution in [1.29, 1.82) is 0 Å². The van der Waals surface area contributed by atoms with Gasteiger partial charge in [-0.2, -0.15) is 26.3 Å². The molecular weight excluding hydrogens is 590 g/mol. The summed E-state index contributed by atoms with van der Waals surface area (Å²) in [5.41, 5.74) is -1.67. The molecule has 6 rings (SSSR count). The molecular formula is C31H28F6N4OS. The van der Waals surface area contributed by atoms with Crippen LogP contribution in [0.5, 0.6) is 0 Å². The zero-order chi connectivity index (χ0) is 30.2. The Morgan fingerprint density at radius 1 is 0.884 bits per heavy atom. The summed E-state index contributed by atoms with van der Waals surface area (Å²) in [4.78, 5) is 1.10. The summed E-state index contributed by atoms with van der Waals surface area (Å²) in [5.74, 6) is 0.586. The van der Waals surface area contributed by atoms with Gasteiger partial charge in [0.05, 0.1) is 47.1 Å². The van der Waals surface area contributed by atoms with Gasteiger partial charge in [0.2, 0.25) is 0 Å². The van der Waals surface area contributed by atoms with Crippen LogP contribution in [0, 0.1) is 0 Å². The Bertz CT molecular complexity index is 1510. The molecule has 4 atom stereocenters. The van der Waals surface area contributed by atoms with Gasteiger partial charge in [-0.05, 0) is 60.7 Å². The number of halogens is 6. The van der Waals surface area contributed by atoms with E-state index in [0.717, 1.165) is 28.3 Å². The van der Waals surface area contributed by atoms with E-state index in [-0.39, 0.29) is 23.6 Å². The molecule has 2 bridgehead atoms. The van der Waals surface area contributed by atoms with Crippen molar-refractivity contribution in [1.82, 2.24) is 20.3 Å². The standard InChI is InChI=1S/C31H28F6N4OS/c32-30(33,34)22-13-20(14-23(15-22)31(35,36)37)18-42-28-12-11-26-25(16-29(28,39-26)21-7-3-1-4-8-21)27-17-38-40-41(27)19-43-24-9-5-2-6-10-24/h1-10,13-15,17,25-26,28,39H,11-12,16,18-19H2/t25-,26+,28-,29-/m1/s1. The number of piperidine rings is 1. The Kier molecular flexibility index (Phi) is 8.03. The first-order valence-electron chi connectivity index (χ1n) is 13.8. The van der Waals surface area contributed by atoms with Gasteiger partial charge >= 0.3 is 12.4 Å². The van der Waals surface area contributed by atoms with E-state index in [1.165, 1.54) is 0 Å². The largest absolute Gasteiger partial charge is 0.416 e. The van der Waals surface area contributed by atoms with Gasteiger partial charge < -0.3 is 10.1 Å². The fraction of sp³-hybridized carbons (Fsp3) is 0.355. The minimum Gasteiger partial charge on any atom is -0.371 e. The molecule has 2 aliphatic rings. The third kappa shape index (κ3) is 6.18. The molecule has 0 saturated carbocycles. The summed E-state index contributed by atoms with van der Waals surface area (Å²) in [6, 6.07) is 21.3. The SMILES string of the molecule is FC(F)(F)c1cc(CO[C@@H]2CC[C@@H]3N[C@@]2(c2ccccc2)C[C@H]3c2cnnn2CSc2ccccc2)cc(C(F)(F)F)c1. The van der Waals surface area contributed by atoms with Crippen molar-refractivity contribution in [2.24, 2.45) is 0 Å². The van der Waals surface area contributed by atoms with E-state index in [0.29, 0.717) is 25.1 Å². The van der Waals surface area contributed by atoms with Crippen LogP contribution in [0.2, 0.25) is 0 Å². The van der Waals surface area contributed by atoms with Crippen molar-refractivity contribution in [3.63, 3.8) is 0 Å². The first-order chi connectivity index (χ1) is 20.5. The highest BCUT2D eigenvalue weighted by Crippen LogP contribution is 2.51. The van der Waals surface area contributed by atoms with Crippen LogP contribution in [0.25, 0.3) is 0 Å². The Labute approximate surface area is 248 Å². The second-order valence-corrected chi connectivity index (χ2v) is 12.0. The van der Waals surface area contributed by atoms with Gasteiger partial charge in [-0.15, -0.1) is 16.9 Å². The Morgan fingerprint density at radius 2 is 1.53 bits per heavy atom. The molecule has 12 heteroatoms. The molecule has 43 heavy (non-hydrogen) atoms. The highest BCUT2D eigenvalue weighted by Gasteiger charge is 2.55. The summed E-state index contributed by atoms with van der Waals surface area (Å²) < 4.78 is 88.9. The van der Waals surface area contributed by atoms with Crippen molar-refractivity contribution < 1.29 is 31.1 Å². The van der Waals surface area contributed by atoms with Crippen LogP contribution < -0.4 is 5.32 Å². The number of benzene rings is 3. The van der Waals surface area contributed by atoms with Crippen molar-refractivity contribution in [2.75, 3.05) is 0 Å². The number of aromatic nitrogens is 3. The smallest absolute Gasteiger partial charge is 0.371 e. The van der Waals surface area contributed by atoms with Gasteiger partial charge in [0.1, 0.15) is 0 Å². The van der Waals surface area contributed by atoms with Crippen LogP contribution >= 0.6 is 11.8 Å². The quantitative estimate of drug-likeness (QED) is 0.161. The van der Waals surface area contributed by atoms with Gasteiger partial charge in [0.15, 0.2) is 0 Å². The van der Waals surface area contributed by atoms with Crippen LogP contribution in [0.15, 0.2) is 90.0 Å². The van der Waals surface area contributed by atoms with Crippen LogP contribution in [-0.4, -0.2) is 27.1 Å². The second kappa shape index (κ2) is 11.6. The lowest BCUT2D eigenvalue weighted by Gasteiger charge is -2.42. The van der Waals surface area contributed by atoms with E-state index in [4.69, 9.17) is 4.74 Å². The lowest BCUT2D eigenvalue weighted by molar-refractivity contribution is -0.143.